The Kier molecular flexibility index (Phi) is 6.90. The summed E-state index contributed by atoms with van der Waals surface area (Å²) in [6.45, 7) is 4.95. The van der Waals surface area contributed by atoms with Crippen molar-refractivity contribution in [2.75, 3.05) is 19.6 Å². The molecule has 1 atom stereocenters. The highest BCUT2D eigenvalue weighted by Gasteiger charge is 2.26. The summed E-state index contributed by atoms with van der Waals surface area (Å²) in [7, 11) is 0. The van der Waals surface area contributed by atoms with Crippen molar-refractivity contribution in [1.82, 2.24) is 10.2 Å². The van der Waals surface area contributed by atoms with Crippen LogP contribution in [0, 0.1) is 2.88 Å². The number of hydrogen-bond donors (Lipinski definition) is 1. The van der Waals surface area contributed by atoms with Crippen LogP contribution in [0.3, 0.4) is 0 Å². The molecule has 1 aromatic rings. The van der Waals surface area contributed by atoms with Gasteiger partial charge in [0.1, 0.15) is 0 Å². The molecule has 0 bridgehead atoms. The fourth-order valence-corrected chi connectivity index (χ4v) is 3.50. The first-order valence-electron chi connectivity index (χ1n) is 5.98. The van der Waals surface area contributed by atoms with E-state index in [4.69, 9.17) is 0 Å². The second-order valence-electron chi connectivity index (χ2n) is 4.28. The molecule has 1 saturated heterocycles. The summed E-state index contributed by atoms with van der Waals surface area (Å²) in [5.41, 5.74) is 0.847. The minimum absolute atomic E-state index is 0. The van der Waals surface area contributed by atoms with E-state index in [-0.39, 0.29) is 18.3 Å². The smallest absolute Gasteiger partial charge is 0.255 e. The van der Waals surface area contributed by atoms with Gasteiger partial charge in [0.15, 0.2) is 0 Å². The van der Waals surface area contributed by atoms with Crippen LogP contribution in [-0.2, 0) is 0 Å². The van der Waals surface area contributed by atoms with Gasteiger partial charge >= 0.3 is 0 Å². The van der Waals surface area contributed by atoms with Gasteiger partial charge in [0, 0.05) is 24.5 Å². The summed E-state index contributed by atoms with van der Waals surface area (Å²) in [5.74, 6) is 0.194. The molecule has 0 saturated carbocycles. The summed E-state index contributed by atoms with van der Waals surface area (Å²) >= 11 is 3.90. The van der Waals surface area contributed by atoms with E-state index >= 15 is 0 Å². The van der Waals surface area contributed by atoms with Crippen LogP contribution in [0.15, 0.2) is 11.4 Å². The summed E-state index contributed by atoms with van der Waals surface area (Å²) < 4.78 is 1.17. The van der Waals surface area contributed by atoms with E-state index in [2.05, 4.69) is 34.8 Å². The molecule has 0 aliphatic carbocycles. The molecule has 3 nitrogen and oxygen atoms in total. The predicted molar refractivity (Wildman–Crippen MR) is 86.9 cm³/mol. The van der Waals surface area contributed by atoms with Gasteiger partial charge < -0.3 is 10.2 Å². The Labute approximate surface area is 132 Å². The average molecular weight is 401 g/mol. The average Bonchev–Trinajstić information content (AvgIpc) is 2.95. The number of carbonyl (C=O) groups is 1. The van der Waals surface area contributed by atoms with Crippen LogP contribution >= 0.6 is 46.3 Å². The monoisotopic (exact) mass is 400 g/mol. The molecule has 102 valence electrons. The molecule has 1 unspecified atom stereocenters. The van der Waals surface area contributed by atoms with Crippen LogP contribution in [0.1, 0.15) is 30.1 Å². The van der Waals surface area contributed by atoms with Crippen molar-refractivity contribution in [3.05, 3.63) is 19.9 Å². The van der Waals surface area contributed by atoms with Crippen molar-refractivity contribution in [3.63, 3.8) is 0 Å². The molecular formula is C12H18ClIN2OS. The number of rotatable bonds is 4. The first-order valence-corrected chi connectivity index (χ1v) is 7.94. The number of hydrogen-bond acceptors (Lipinski definition) is 3. The second kappa shape index (κ2) is 7.67. The first-order chi connectivity index (χ1) is 8.22. The molecule has 2 rings (SSSR count). The maximum Gasteiger partial charge on any atom is 0.255 e. The Balaban J connectivity index is 0.00000162. The van der Waals surface area contributed by atoms with Gasteiger partial charge in [0.05, 0.1) is 8.45 Å². The van der Waals surface area contributed by atoms with Crippen molar-refractivity contribution in [1.29, 1.82) is 0 Å². The van der Waals surface area contributed by atoms with Gasteiger partial charge in [-0.15, -0.1) is 23.7 Å². The maximum absolute atomic E-state index is 12.4. The Morgan fingerprint density at radius 1 is 1.67 bits per heavy atom. The van der Waals surface area contributed by atoms with Gasteiger partial charge in [-0.2, -0.15) is 0 Å². The minimum atomic E-state index is 0. The van der Waals surface area contributed by atoms with Gasteiger partial charge in [-0.25, -0.2) is 0 Å². The largest absolute Gasteiger partial charge is 0.334 e. The quantitative estimate of drug-likeness (QED) is 0.788. The van der Waals surface area contributed by atoms with Crippen molar-refractivity contribution in [3.8, 4) is 0 Å². The molecule has 0 aromatic carbocycles. The van der Waals surface area contributed by atoms with E-state index in [0.717, 1.165) is 38.0 Å². The zero-order valence-corrected chi connectivity index (χ0v) is 14.1. The van der Waals surface area contributed by atoms with Crippen LogP contribution in [0.25, 0.3) is 0 Å². The maximum atomic E-state index is 12.4. The molecular weight excluding hydrogens is 383 g/mol. The molecule has 0 radical (unpaired) electrons. The van der Waals surface area contributed by atoms with Crippen LogP contribution < -0.4 is 5.32 Å². The van der Waals surface area contributed by atoms with Crippen LogP contribution in [0.5, 0.6) is 0 Å². The summed E-state index contributed by atoms with van der Waals surface area (Å²) in [4.78, 5) is 14.5. The molecule has 18 heavy (non-hydrogen) atoms. The highest BCUT2D eigenvalue weighted by Crippen LogP contribution is 2.20. The fourth-order valence-electron chi connectivity index (χ4n) is 2.18. The van der Waals surface area contributed by atoms with Crippen LogP contribution in [0.2, 0.25) is 0 Å². The van der Waals surface area contributed by atoms with Crippen LogP contribution in [0.4, 0.5) is 0 Å². The molecule has 1 aromatic heterocycles. The number of amides is 1. The molecule has 1 amide bonds. The zero-order chi connectivity index (χ0) is 12.3. The van der Waals surface area contributed by atoms with Gasteiger partial charge in [-0.05, 0) is 48.0 Å². The lowest BCUT2D eigenvalue weighted by atomic mass is 10.1. The van der Waals surface area contributed by atoms with E-state index in [1.165, 1.54) is 2.88 Å². The molecule has 1 fully saturated rings. The van der Waals surface area contributed by atoms with E-state index < -0.39 is 0 Å². The predicted octanol–water partition coefficient (Wildman–Crippen LogP) is 2.99. The van der Waals surface area contributed by atoms with Crippen molar-refractivity contribution >= 4 is 52.2 Å². The molecule has 1 aliphatic rings. The lowest BCUT2D eigenvalue weighted by Crippen LogP contribution is -2.41. The Morgan fingerprint density at radius 2 is 2.44 bits per heavy atom. The van der Waals surface area contributed by atoms with Gasteiger partial charge in [-0.1, -0.05) is 6.92 Å². The van der Waals surface area contributed by atoms with E-state index in [9.17, 15) is 4.79 Å². The third kappa shape index (κ3) is 3.82. The molecule has 2 heterocycles. The Morgan fingerprint density at radius 3 is 2.94 bits per heavy atom. The van der Waals surface area contributed by atoms with E-state index in [1.54, 1.807) is 11.3 Å². The standard InChI is InChI=1S/C12H17IN2OS.ClH/c1-2-5-15(10-3-4-14-7-10)12(16)9-6-11(13)17-8-9;/h6,8,10,14H,2-5,7H2,1H3;1H. The molecule has 6 heteroatoms. The third-order valence-corrected chi connectivity index (χ3v) is 4.80. The molecule has 1 N–H and O–H groups in total. The zero-order valence-electron chi connectivity index (χ0n) is 10.3. The number of carbonyl (C=O) groups excluding carboxylic acids is 1. The van der Waals surface area contributed by atoms with E-state index in [0.29, 0.717) is 6.04 Å². The normalized spacial score (nSPS) is 18.4. The Hall–Kier alpha value is 0.150. The minimum Gasteiger partial charge on any atom is -0.334 e. The fraction of sp³-hybridized carbons (Fsp3) is 0.583. The number of nitrogens with one attached hydrogen (secondary N) is 1. The second-order valence-corrected chi connectivity index (χ2v) is 7.09. The molecule has 0 spiro atoms. The van der Waals surface area contributed by atoms with Crippen molar-refractivity contribution in [2.24, 2.45) is 0 Å². The summed E-state index contributed by atoms with van der Waals surface area (Å²) in [6, 6.07) is 2.36. The highest BCUT2D eigenvalue weighted by molar-refractivity contribution is 14.1. The van der Waals surface area contributed by atoms with Crippen molar-refractivity contribution < 1.29 is 4.79 Å². The van der Waals surface area contributed by atoms with Gasteiger partial charge in [0.2, 0.25) is 0 Å². The van der Waals surface area contributed by atoms with Gasteiger partial charge in [-0.3, -0.25) is 4.79 Å². The lowest BCUT2D eigenvalue weighted by Gasteiger charge is -2.27. The molecule has 1 aliphatic heterocycles. The SMILES string of the molecule is CCCN(C(=O)c1csc(I)c1)C1CCNC1.Cl. The van der Waals surface area contributed by atoms with E-state index in [1.807, 2.05) is 16.3 Å². The Bertz CT molecular complexity index is 393. The van der Waals surface area contributed by atoms with Crippen molar-refractivity contribution in [2.45, 2.75) is 25.8 Å². The van der Waals surface area contributed by atoms with Gasteiger partial charge in [0.25, 0.3) is 5.91 Å². The third-order valence-electron chi connectivity index (χ3n) is 3.01. The number of nitrogens with zero attached hydrogens (tertiary/aromatic N) is 1. The van der Waals surface area contributed by atoms with Crippen LogP contribution in [-0.4, -0.2) is 36.5 Å². The lowest BCUT2D eigenvalue weighted by molar-refractivity contribution is 0.0693. The highest BCUT2D eigenvalue weighted by atomic mass is 127. The summed E-state index contributed by atoms with van der Waals surface area (Å²) in [6.07, 6.45) is 2.09. The topological polar surface area (TPSA) is 32.3 Å². The first kappa shape index (κ1) is 16.2. The summed E-state index contributed by atoms with van der Waals surface area (Å²) in [5, 5.41) is 5.30. The number of thiophene rings is 1. The number of halogens is 2.